The summed E-state index contributed by atoms with van der Waals surface area (Å²) < 4.78 is 5.05. The average Bonchev–Trinajstić information content (AvgIpc) is 3.28. The summed E-state index contributed by atoms with van der Waals surface area (Å²) in [7, 11) is 0. The normalized spacial score (nSPS) is 10.5. The molecule has 0 atom stereocenters. The number of hydrogen-bond acceptors (Lipinski definition) is 6. The number of thiophene rings is 1. The fourth-order valence-corrected chi connectivity index (χ4v) is 3.80. The summed E-state index contributed by atoms with van der Waals surface area (Å²) in [4.78, 5) is 28.3. The van der Waals surface area contributed by atoms with Crippen molar-refractivity contribution in [1.82, 2.24) is 4.98 Å². The number of aryl methyl sites for hydroxylation is 2. The Hall–Kier alpha value is -2.51. The zero-order valence-corrected chi connectivity index (χ0v) is 16.1. The second-order valence-corrected chi connectivity index (χ2v) is 7.48. The largest absolute Gasteiger partial charge is 0.455 e. The standard InChI is InChI=1S/C19H18N2O3S2/c1-12-3-4-15(7-13(12)2)20-17(22)9-24-18(23)8-16-11-26-19(21-16)14-5-6-25-10-14/h3-7,10-11H,8-9H2,1-2H3,(H,20,22). The lowest BCUT2D eigenvalue weighted by molar-refractivity contribution is -0.146. The van der Waals surface area contributed by atoms with Crippen LogP contribution in [0.2, 0.25) is 0 Å². The molecule has 0 spiro atoms. The summed E-state index contributed by atoms with van der Waals surface area (Å²) in [6, 6.07) is 7.63. The van der Waals surface area contributed by atoms with Gasteiger partial charge in [0.2, 0.25) is 0 Å². The number of esters is 1. The van der Waals surface area contributed by atoms with Crippen LogP contribution in [-0.2, 0) is 20.7 Å². The summed E-state index contributed by atoms with van der Waals surface area (Å²) in [5, 5.41) is 9.43. The van der Waals surface area contributed by atoms with E-state index in [1.165, 1.54) is 11.3 Å². The molecule has 0 bridgehead atoms. The topological polar surface area (TPSA) is 68.3 Å². The van der Waals surface area contributed by atoms with Crippen LogP contribution in [0, 0.1) is 13.8 Å². The molecule has 0 unspecified atom stereocenters. The SMILES string of the molecule is Cc1ccc(NC(=O)COC(=O)Cc2csc(-c3ccsc3)n2)cc1C. The maximum atomic E-state index is 11.9. The number of benzene rings is 1. The minimum atomic E-state index is -0.470. The van der Waals surface area contributed by atoms with Gasteiger partial charge in [-0.2, -0.15) is 11.3 Å². The first-order valence-corrected chi connectivity index (χ1v) is 9.83. The van der Waals surface area contributed by atoms with Gasteiger partial charge >= 0.3 is 5.97 Å². The van der Waals surface area contributed by atoms with Crippen molar-refractivity contribution in [2.24, 2.45) is 0 Å². The van der Waals surface area contributed by atoms with Gasteiger partial charge in [-0.15, -0.1) is 11.3 Å². The molecule has 0 saturated carbocycles. The molecule has 0 saturated heterocycles. The lowest BCUT2D eigenvalue weighted by atomic mass is 10.1. The second-order valence-electron chi connectivity index (χ2n) is 5.84. The number of nitrogens with zero attached hydrogens (tertiary/aromatic N) is 1. The molecule has 2 heterocycles. The van der Waals surface area contributed by atoms with Gasteiger partial charge in [-0.25, -0.2) is 4.98 Å². The number of rotatable bonds is 6. The highest BCUT2D eigenvalue weighted by Gasteiger charge is 2.12. The van der Waals surface area contributed by atoms with E-state index in [0.29, 0.717) is 11.4 Å². The van der Waals surface area contributed by atoms with Gasteiger partial charge in [-0.3, -0.25) is 9.59 Å². The molecule has 5 nitrogen and oxygen atoms in total. The van der Waals surface area contributed by atoms with Crippen molar-refractivity contribution >= 4 is 40.2 Å². The third-order valence-electron chi connectivity index (χ3n) is 3.80. The third kappa shape index (κ3) is 4.77. The van der Waals surface area contributed by atoms with Crippen LogP contribution in [0.1, 0.15) is 16.8 Å². The van der Waals surface area contributed by atoms with Crippen LogP contribution in [0.3, 0.4) is 0 Å². The monoisotopic (exact) mass is 386 g/mol. The molecule has 1 N–H and O–H groups in total. The first kappa shape index (κ1) is 18.3. The molecule has 1 amide bonds. The third-order valence-corrected chi connectivity index (χ3v) is 5.42. The highest BCUT2D eigenvalue weighted by Crippen LogP contribution is 2.25. The van der Waals surface area contributed by atoms with Crippen LogP contribution >= 0.6 is 22.7 Å². The average molecular weight is 386 g/mol. The van der Waals surface area contributed by atoms with Gasteiger partial charge in [0.05, 0.1) is 12.1 Å². The minimum Gasteiger partial charge on any atom is -0.455 e. The van der Waals surface area contributed by atoms with Crippen molar-refractivity contribution in [2.75, 3.05) is 11.9 Å². The van der Waals surface area contributed by atoms with E-state index < -0.39 is 5.97 Å². The van der Waals surface area contributed by atoms with Gasteiger partial charge in [-0.1, -0.05) is 6.07 Å². The molecule has 3 rings (SSSR count). The fourth-order valence-electron chi connectivity index (χ4n) is 2.27. The highest BCUT2D eigenvalue weighted by atomic mass is 32.1. The molecule has 0 radical (unpaired) electrons. The molecular weight excluding hydrogens is 368 g/mol. The molecule has 0 aliphatic heterocycles. The minimum absolute atomic E-state index is 0.0531. The van der Waals surface area contributed by atoms with E-state index in [4.69, 9.17) is 4.74 Å². The zero-order valence-electron chi connectivity index (χ0n) is 14.4. The molecule has 3 aromatic rings. The van der Waals surface area contributed by atoms with Crippen LogP contribution in [0.15, 0.2) is 40.4 Å². The Morgan fingerprint density at radius 2 is 2.00 bits per heavy atom. The molecule has 0 fully saturated rings. The van der Waals surface area contributed by atoms with Gasteiger partial charge in [0, 0.05) is 22.0 Å². The molecule has 26 heavy (non-hydrogen) atoms. The number of ether oxygens (including phenoxy) is 1. The number of hydrogen-bond donors (Lipinski definition) is 1. The van der Waals surface area contributed by atoms with Gasteiger partial charge in [0.15, 0.2) is 6.61 Å². The Labute approximate surface area is 159 Å². The van der Waals surface area contributed by atoms with Crippen molar-refractivity contribution in [2.45, 2.75) is 20.3 Å². The fraction of sp³-hybridized carbons (Fsp3) is 0.211. The summed E-state index contributed by atoms with van der Waals surface area (Å²) in [6.07, 6.45) is 0.0531. The van der Waals surface area contributed by atoms with E-state index >= 15 is 0 Å². The second kappa shape index (κ2) is 8.25. The van der Waals surface area contributed by atoms with Crippen LogP contribution in [-0.4, -0.2) is 23.5 Å². The predicted molar refractivity (Wildman–Crippen MR) is 105 cm³/mol. The Balaban J connectivity index is 1.47. The van der Waals surface area contributed by atoms with E-state index in [0.717, 1.165) is 21.7 Å². The van der Waals surface area contributed by atoms with Gasteiger partial charge in [0.25, 0.3) is 5.91 Å². The summed E-state index contributed by atoms with van der Waals surface area (Å²) in [6.45, 7) is 3.67. The predicted octanol–water partition coefficient (Wildman–Crippen LogP) is 4.21. The number of amides is 1. The van der Waals surface area contributed by atoms with Crippen molar-refractivity contribution in [1.29, 1.82) is 0 Å². The number of aromatic nitrogens is 1. The first-order chi connectivity index (χ1) is 12.5. The Morgan fingerprint density at radius 1 is 1.15 bits per heavy atom. The van der Waals surface area contributed by atoms with Crippen molar-refractivity contribution in [3.05, 3.63) is 57.2 Å². The van der Waals surface area contributed by atoms with Crippen molar-refractivity contribution < 1.29 is 14.3 Å². The van der Waals surface area contributed by atoms with E-state index in [2.05, 4.69) is 10.3 Å². The maximum Gasteiger partial charge on any atom is 0.312 e. The van der Waals surface area contributed by atoms with Gasteiger partial charge in [-0.05, 0) is 48.6 Å². The van der Waals surface area contributed by atoms with Gasteiger partial charge < -0.3 is 10.1 Å². The number of nitrogens with one attached hydrogen (secondary N) is 1. The van der Waals surface area contributed by atoms with Crippen molar-refractivity contribution in [3.63, 3.8) is 0 Å². The van der Waals surface area contributed by atoms with Crippen LogP contribution < -0.4 is 5.32 Å². The smallest absolute Gasteiger partial charge is 0.312 e. The zero-order chi connectivity index (χ0) is 18.5. The Morgan fingerprint density at radius 3 is 2.73 bits per heavy atom. The lowest BCUT2D eigenvalue weighted by Gasteiger charge is -2.08. The lowest BCUT2D eigenvalue weighted by Crippen LogP contribution is -2.21. The van der Waals surface area contributed by atoms with E-state index in [9.17, 15) is 9.59 Å². The number of thiazole rings is 1. The molecule has 134 valence electrons. The molecule has 0 aliphatic carbocycles. The molecule has 1 aromatic carbocycles. The van der Waals surface area contributed by atoms with Gasteiger partial charge in [0.1, 0.15) is 5.01 Å². The van der Waals surface area contributed by atoms with Crippen LogP contribution in [0.5, 0.6) is 0 Å². The molecule has 0 aliphatic rings. The number of carbonyl (C=O) groups is 2. The Bertz CT molecular complexity index is 917. The van der Waals surface area contributed by atoms with Crippen LogP contribution in [0.4, 0.5) is 5.69 Å². The first-order valence-electron chi connectivity index (χ1n) is 8.01. The maximum absolute atomic E-state index is 11.9. The van der Waals surface area contributed by atoms with E-state index in [-0.39, 0.29) is 18.9 Å². The summed E-state index contributed by atoms with van der Waals surface area (Å²) >= 11 is 3.09. The molecular formula is C19H18N2O3S2. The quantitative estimate of drug-likeness (QED) is 0.644. The summed E-state index contributed by atoms with van der Waals surface area (Å²) in [5.74, 6) is -0.832. The molecule has 2 aromatic heterocycles. The van der Waals surface area contributed by atoms with E-state index in [1.807, 2.05) is 54.3 Å². The number of anilines is 1. The highest BCUT2D eigenvalue weighted by molar-refractivity contribution is 7.14. The Kier molecular flexibility index (Phi) is 5.80. The molecule has 7 heteroatoms. The summed E-state index contributed by atoms with van der Waals surface area (Å²) in [5.41, 5.74) is 4.63. The van der Waals surface area contributed by atoms with Crippen LogP contribution in [0.25, 0.3) is 10.6 Å². The van der Waals surface area contributed by atoms with E-state index in [1.54, 1.807) is 11.3 Å². The number of carbonyl (C=O) groups excluding carboxylic acids is 2. The van der Waals surface area contributed by atoms with Crippen molar-refractivity contribution in [3.8, 4) is 10.6 Å².